The summed E-state index contributed by atoms with van der Waals surface area (Å²) < 4.78 is 189. The summed E-state index contributed by atoms with van der Waals surface area (Å²) in [7, 11) is 0. The molecule has 1 N–H and O–H groups in total. The minimum absolute atomic E-state index is 0.108. The molecular weight excluding hydrogens is 1800 g/mol. The van der Waals surface area contributed by atoms with Gasteiger partial charge in [0.05, 0.1) is 99.6 Å². The highest BCUT2D eigenvalue weighted by molar-refractivity contribution is 5.99. The lowest BCUT2D eigenvalue weighted by atomic mass is 9.81. The average molecular weight is 1920 g/mol. The third-order valence-corrected chi connectivity index (χ3v) is 27.3. The topological polar surface area (TPSA) is 300 Å². The van der Waals surface area contributed by atoms with Crippen molar-refractivity contribution in [2.75, 3.05) is 0 Å². The SMILES string of the molecule is CC1=CCC(F)(Cn2cc(-c3cnn(CC(F)(F)F)c3)c3ncc(-c4c(C)noc4C)cc32)CC1.[2H]C([2H])(C1CCC(C)(F)CC1)n1cc(-c2ccc(C(=O)O)cc2)c2ncc(-c3c(C)noc3C)cc21.[2H]C([2H])(C1CCC(C)(F)CC1)n1cc(-c2cnc(C3CC3)nc2)c2ncc(-c3c(C)noc3C)cc21.[2H]C([2H])(C1CCC(C)(F)CC1)n1cc(-c2cnn(C(=O)OC(C)(C)C)c2)c2ncc(-c3c(C)noc3C)cc21. The van der Waals surface area contributed by atoms with E-state index in [1.165, 1.54) is 36.3 Å². The van der Waals surface area contributed by atoms with Gasteiger partial charge < -0.3 is 46.2 Å². The average Bonchev–Trinajstić information content (AvgIpc) is 1.57. The number of ether oxygens (including phenoxy) is 1. The number of hydrogen-bond donors (Lipinski definition) is 1. The number of carboxylic acid groups (broad SMARTS) is 1. The fourth-order valence-corrected chi connectivity index (χ4v) is 19.4. The van der Waals surface area contributed by atoms with Crippen molar-refractivity contribution in [3.05, 3.63) is 204 Å². The van der Waals surface area contributed by atoms with Crippen molar-refractivity contribution in [3.8, 4) is 89.0 Å². The predicted molar refractivity (Wildman–Crippen MR) is 520 cm³/mol. The van der Waals surface area contributed by atoms with E-state index in [0.717, 1.165) is 94.9 Å². The van der Waals surface area contributed by atoms with Gasteiger partial charge >= 0.3 is 18.2 Å². The molecule has 4 fully saturated rings. The molecule has 5 aliphatic carbocycles. The second-order valence-corrected chi connectivity index (χ2v) is 40.1. The third kappa shape index (κ3) is 21.3. The highest BCUT2D eigenvalue weighted by Crippen LogP contribution is 2.47. The predicted octanol–water partition coefficient (Wildman–Crippen LogP) is 26.6. The largest absolute Gasteiger partial charge is 0.478 e. The van der Waals surface area contributed by atoms with Crippen LogP contribution < -0.4 is 0 Å². The summed E-state index contributed by atoms with van der Waals surface area (Å²) in [5.41, 5.74) is 15.1. The zero-order valence-corrected chi connectivity index (χ0v) is 81.0. The first kappa shape index (κ1) is 89.2. The summed E-state index contributed by atoms with van der Waals surface area (Å²) in [5.74, 6) is 1.89. The van der Waals surface area contributed by atoms with Gasteiger partial charge in [0.2, 0.25) is 0 Å². The van der Waals surface area contributed by atoms with Gasteiger partial charge in [-0.3, -0.25) is 24.6 Å². The molecule has 140 heavy (non-hydrogen) atoms. The highest BCUT2D eigenvalue weighted by atomic mass is 19.4. The van der Waals surface area contributed by atoms with Gasteiger partial charge in [0, 0.05) is 190 Å². The molecule has 15 heterocycles. The Balaban J connectivity index is 0.000000128. The van der Waals surface area contributed by atoms with Crippen LogP contribution in [0.3, 0.4) is 0 Å². The zero-order valence-electron chi connectivity index (χ0n) is 87.0. The number of hydrogen-bond acceptors (Lipinski definition) is 19. The second-order valence-electron chi connectivity index (χ2n) is 40.1. The minimum atomic E-state index is -4.38. The van der Waals surface area contributed by atoms with Crippen molar-refractivity contribution < 1.29 is 76.5 Å². The Kier molecular flexibility index (Phi) is 24.4. The van der Waals surface area contributed by atoms with Crippen LogP contribution >= 0.6 is 0 Å². The number of aromatic carboxylic acids is 1. The van der Waals surface area contributed by atoms with Gasteiger partial charge in [0.1, 0.15) is 63.7 Å². The molecule has 1 atom stereocenters. The lowest BCUT2D eigenvalue weighted by Gasteiger charge is -2.31. The molecular formula is C107H117F7N18O8. The number of rotatable bonds is 19. The van der Waals surface area contributed by atoms with Gasteiger partial charge in [0.25, 0.3) is 0 Å². The summed E-state index contributed by atoms with van der Waals surface area (Å²) in [6.45, 7) is 20.5. The van der Waals surface area contributed by atoms with E-state index in [4.69, 9.17) is 40.5 Å². The molecule has 33 heteroatoms. The van der Waals surface area contributed by atoms with Crippen LogP contribution in [0.15, 0.2) is 165 Å². The van der Waals surface area contributed by atoms with E-state index in [9.17, 15) is 46.5 Å². The van der Waals surface area contributed by atoms with Crippen molar-refractivity contribution in [2.45, 2.75) is 286 Å². The first-order valence-electron chi connectivity index (χ1n) is 50.5. The van der Waals surface area contributed by atoms with Gasteiger partial charge in [-0.1, -0.05) is 44.4 Å². The van der Waals surface area contributed by atoms with Crippen LogP contribution in [0.4, 0.5) is 35.5 Å². The number of aromatic nitrogens is 18. The number of alkyl halides is 7. The molecule has 0 radical (unpaired) electrons. The van der Waals surface area contributed by atoms with Crippen LogP contribution in [0, 0.1) is 73.1 Å². The highest BCUT2D eigenvalue weighted by Gasteiger charge is 2.38. The van der Waals surface area contributed by atoms with E-state index in [1.54, 1.807) is 117 Å². The number of carbonyl (C=O) groups is 2. The van der Waals surface area contributed by atoms with E-state index < -0.39 is 72.6 Å². The molecule has 0 spiro atoms. The van der Waals surface area contributed by atoms with Crippen LogP contribution in [0.5, 0.6) is 0 Å². The molecule has 15 aromatic heterocycles. The zero-order chi connectivity index (χ0) is 104. The van der Waals surface area contributed by atoms with Crippen molar-refractivity contribution >= 4 is 56.2 Å². The second kappa shape index (κ2) is 38.3. The van der Waals surface area contributed by atoms with Crippen molar-refractivity contribution in [1.29, 1.82) is 0 Å². The number of nitrogens with zero attached hydrogens (tertiary/aromatic N) is 18. The summed E-state index contributed by atoms with van der Waals surface area (Å²) in [6, 6.07) is 14.1. The standard InChI is InChI=1S/C28H34FN5O3.C27H30FN5O.C27H28FN3O3.C25H25F4N5O/c1-17-24(18(2)37-32-17)20-11-23-25(30-12-20)22(16-33(23)14-19-7-9-28(6,29)10-8-19)21-13-31-34(15-21)26(35)36-27(3,4)5;1-16-24(17(2)34-32-16)20-10-23-25(29-11-20)22(21-12-30-26(31-13-21)19-4-5-19)15-33(23)14-18-6-8-27(3,28)9-7-18;1-16-24(17(2)34-30-16)21-12-23-25(29-13-21)22(19-4-6-20(7-5-19)26(32)33)15-31(23)14-18-8-10-27(3,28)11-9-18;1-15-4-6-24(26,7-5-15)13-33-12-20(19-10-31-34(11-19)14-25(27,28)29)23-21(33)8-18(9-30-23)22-16(2)32-35-17(22)3/h11-13,15-16,19H,7-10,14H2,1-6H3;10-13,15,18-19H,4-9,14H2,1-3H3;4-7,12-13,15,18H,8-11,14H2,1-3H3,(H,32,33);4,8-12H,5-7,13-14H2,1-3H3/i3*14D2;. The number of fused-ring (bicyclic) bond motifs is 4. The molecule has 1 aromatic carbocycles. The molecule has 21 rings (SSSR count). The van der Waals surface area contributed by atoms with E-state index >= 15 is 4.39 Å². The Morgan fingerprint density at radius 1 is 0.450 bits per heavy atom. The minimum Gasteiger partial charge on any atom is -0.478 e. The maximum Gasteiger partial charge on any atom is 0.435 e. The van der Waals surface area contributed by atoms with Gasteiger partial charge in [0.15, 0.2) is 0 Å². The number of carbonyl (C=O) groups excluding carboxylic acids is 1. The molecule has 5 aliphatic rings. The Bertz CT molecular complexity index is 7550. The maximum atomic E-state index is 15.8. The van der Waals surface area contributed by atoms with Crippen LogP contribution in [0.1, 0.15) is 234 Å². The van der Waals surface area contributed by atoms with Gasteiger partial charge in [-0.2, -0.15) is 28.1 Å². The van der Waals surface area contributed by atoms with Crippen LogP contribution in [0.25, 0.3) is 133 Å². The van der Waals surface area contributed by atoms with Crippen molar-refractivity contribution in [1.82, 2.24) is 88.4 Å². The molecule has 0 aliphatic heterocycles. The number of halogens is 7. The van der Waals surface area contributed by atoms with E-state index in [1.807, 2.05) is 116 Å². The Hall–Kier alpha value is -13.5. The lowest BCUT2D eigenvalue weighted by Crippen LogP contribution is -2.30. The number of allylic oxidation sites excluding steroid dienone is 2. The molecule has 1 unspecified atom stereocenters. The fourth-order valence-electron chi connectivity index (χ4n) is 19.4. The summed E-state index contributed by atoms with van der Waals surface area (Å²) in [6.07, 6.45) is 28.7. The van der Waals surface area contributed by atoms with Crippen LogP contribution in [0.2, 0.25) is 0 Å². The quantitative estimate of drug-likeness (QED) is 0.0581. The normalized spacial score (nSPS) is 21.7. The number of aryl methyl sites for hydroxylation is 8. The number of carboxylic acids is 1. The number of benzene rings is 1. The van der Waals surface area contributed by atoms with E-state index in [2.05, 4.69) is 45.8 Å². The van der Waals surface area contributed by atoms with E-state index in [0.29, 0.717) is 214 Å². The van der Waals surface area contributed by atoms with E-state index in [-0.39, 0.29) is 29.9 Å². The van der Waals surface area contributed by atoms with Gasteiger partial charge in [-0.05, 0) is 266 Å². The van der Waals surface area contributed by atoms with Gasteiger partial charge in [-0.15, -0.1) is 0 Å². The molecule has 26 nitrogen and oxygen atoms in total. The molecule has 0 bridgehead atoms. The van der Waals surface area contributed by atoms with Crippen LogP contribution in [-0.4, -0.2) is 140 Å². The Morgan fingerprint density at radius 2 is 0.807 bits per heavy atom. The molecule has 0 saturated heterocycles. The molecule has 732 valence electrons. The maximum absolute atomic E-state index is 15.8. The molecule has 0 amide bonds. The Morgan fingerprint density at radius 3 is 1.16 bits per heavy atom. The summed E-state index contributed by atoms with van der Waals surface area (Å²) >= 11 is 0. The Labute approximate surface area is 814 Å². The summed E-state index contributed by atoms with van der Waals surface area (Å²) in [5, 5.41) is 33.5. The van der Waals surface area contributed by atoms with Crippen molar-refractivity contribution in [3.63, 3.8) is 0 Å². The van der Waals surface area contributed by atoms with Crippen molar-refractivity contribution in [2.24, 2.45) is 17.8 Å². The van der Waals surface area contributed by atoms with Gasteiger partial charge in [-0.25, -0.2) is 37.1 Å². The smallest absolute Gasteiger partial charge is 0.435 e. The first-order valence-corrected chi connectivity index (χ1v) is 47.5. The third-order valence-electron chi connectivity index (χ3n) is 27.3. The monoisotopic (exact) mass is 1920 g/mol. The molecule has 4 saturated carbocycles. The number of pyridine rings is 4. The summed E-state index contributed by atoms with van der Waals surface area (Å²) in [4.78, 5) is 52.0. The first-order chi connectivity index (χ1) is 68.8. The van der Waals surface area contributed by atoms with Crippen LogP contribution in [-0.2, 0) is 37.3 Å². The lowest BCUT2D eigenvalue weighted by molar-refractivity contribution is -0.142. The fraction of sp³-hybridized carbons (Fsp3) is 0.439. The molecule has 16 aromatic rings.